The van der Waals surface area contributed by atoms with Gasteiger partial charge in [-0.1, -0.05) is 50.2 Å². The van der Waals surface area contributed by atoms with Crippen LogP contribution >= 0.6 is 0 Å². The number of aryl methyl sites for hydroxylation is 1. The number of hydrogen-bond donors (Lipinski definition) is 2. The first-order valence-corrected chi connectivity index (χ1v) is 9.41. The quantitative estimate of drug-likeness (QED) is 0.844. The Morgan fingerprint density at radius 3 is 2.52 bits per heavy atom. The van der Waals surface area contributed by atoms with Crippen molar-refractivity contribution >= 4 is 11.8 Å². The predicted octanol–water partition coefficient (Wildman–Crippen LogP) is 3.77. The Kier molecular flexibility index (Phi) is 5.89. The molecule has 0 saturated heterocycles. The van der Waals surface area contributed by atoms with Gasteiger partial charge in [-0.05, 0) is 48.4 Å². The Balaban J connectivity index is 1.73. The number of halogens is 1. The molecule has 3 rings (SSSR count). The predicted molar refractivity (Wildman–Crippen MR) is 103 cm³/mol. The third kappa shape index (κ3) is 4.35. The van der Waals surface area contributed by atoms with Crippen molar-refractivity contribution in [1.82, 2.24) is 10.6 Å². The molecular weight excluding hydrogens is 343 g/mol. The lowest BCUT2D eigenvalue weighted by molar-refractivity contribution is -0.124. The number of fused-ring (bicyclic) bond motifs is 1. The van der Waals surface area contributed by atoms with Crippen molar-refractivity contribution < 1.29 is 14.0 Å². The number of carbonyl (C=O) groups excluding carboxylic acids is 2. The Bertz CT molecular complexity index is 835. The molecule has 5 heteroatoms. The number of rotatable bonds is 5. The normalized spacial score (nSPS) is 17.1. The standard InChI is InChI=1S/C22H25FN2O2/c1-14(2)20(25-21(26)17-11-5-6-12-18(17)23)22(27)24-19-13-7-9-15-8-3-4-10-16(15)19/h3-6,8,10-12,14,19-20H,7,9,13H2,1-2H3,(H,24,27)(H,25,26)/t19-,20+/m1/s1. The van der Waals surface area contributed by atoms with Crippen molar-refractivity contribution in [1.29, 1.82) is 0 Å². The summed E-state index contributed by atoms with van der Waals surface area (Å²) >= 11 is 0. The Morgan fingerprint density at radius 2 is 1.78 bits per heavy atom. The van der Waals surface area contributed by atoms with E-state index in [2.05, 4.69) is 16.7 Å². The summed E-state index contributed by atoms with van der Waals surface area (Å²) in [7, 11) is 0. The van der Waals surface area contributed by atoms with Gasteiger partial charge in [0.15, 0.2) is 0 Å². The van der Waals surface area contributed by atoms with Crippen molar-refractivity contribution in [3.63, 3.8) is 0 Å². The molecule has 142 valence electrons. The van der Waals surface area contributed by atoms with Crippen molar-refractivity contribution in [2.24, 2.45) is 5.92 Å². The summed E-state index contributed by atoms with van der Waals surface area (Å²) in [5.74, 6) is -1.54. The zero-order valence-electron chi connectivity index (χ0n) is 15.7. The average Bonchev–Trinajstić information content (AvgIpc) is 2.66. The first-order chi connectivity index (χ1) is 13.0. The molecule has 27 heavy (non-hydrogen) atoms. The van der Waals surface area contributed by atoms with E-state index in [-0.39, 0.29) is 23.4 Å². The maximum absolute atomic E-state index is 13.9. The van der Waals surface area contributed by atoms with Gasteiger partial charge in [-0.3, -0.25) is 9.59 Å². The van der Waals surface area contributed by atoms with Crippen LogP contribution in [0.3, 0.4) is 0 Å². The van der Waals surface area contributed by atoms with Gasteiger partial charge in [-0.15, -0.1) is 0 Å². The third-order valence-corrected chi connectivity index (χ3v) is 5.04. The minimum Gasteiger partial charge on any atom is -0.347 e. The van der Waals surface area contributed by atoms with E-state index in [0.29, 0.717) is 0 Å². The summed E-state index contributed by atoms with van der Waals surface area (Å²) in [6, 6.07) is 13.1. The maximum Gasteiger partial charge on any atom is 0.254 e. The van der Waals surface area contributed by atoms with Gasteiger partial charge >= 0.3 is 0 Å². The van der Waals surface area contributed by atoms with Crippen molar-refractivity contribution in [2.75, 3.05) is 0 Å². The summed E-state index contributed by atoms with van der Waals surface area (Å²) in [5, 5.41) is 5.78. The van der Waals surface area contributed by atoms with Crippen molar-refractivity contribution in [2.45, 2.75) is 45.2 Å². The summed E-state index contributed by atoms with van der Waals surface area (Å²) in [6.45, 7) is 3.72. The molecule has 0 unspecified atom stereocenters. The first-order valence-electron chi connectivity index (χ1n) is 9.41. The number of amides is 2. The monoisotopic (exact) mass is 368 g/mol. The topological polar surface area (TPSA) is 58.2 Å². The summed E-state index contributed by atoms with van der Waals surface area (Å²) < 4.78 is 13.9. The molecule has 0 bridgehead atoms. The second-order valence-electron chi connectivity index (χ2n) is 7.33. The fourth-order valence-corrected chi connectivity index (χ4v) is 3.56. The van der Waals surface area contributed by atoms with Crippen molar-refractivity contribution in [3.05, 3.63) is 71.0 Å². The van der Waals surface area contributed by atoms with Crippen LogP contribution in [0.1, 0.15) is 54.2 Å². The molecule has 0 aromatic heterocycles. The Morgan fingerprint density at radius 1 is 1.07 bits per heavy atom. The fourth-order valence-electron chi connectivity index (χ4n) is 3.56. The SMILES string of the molecule is CC(C)[C@H](NC(=O)c1ccccc1F)C(=O)N[C@@H]1CCCc2ccccc21. The lowest BCUT2D eigenvalue weighted by Crippen LogP contribution is -2.50. The number of hydrogen-bond acceptors (Lipinski definition) is 2. The second kappa shape index (κ2) is 8.33. The molecule has 2 N–H and O–H groups in total. The van der Waals surface area contributed by atoms with Gasteiger partial charge in [0.1, 0.15) is 11.9 Å². The Hall–Kier alpha value is -2.69. The molecule has 1 aliphatic carbocycles. The second-order valence-corrected chi connectivity index (χ2v) is 7.33. The summed E-state index contributed by atoms with van der Waals surface area (Å²) in [6.07, 6.45) is 2.89. The number of nitrogens with one attached hydrogen (secondary N) is 2. The first kappa shape index (κ1) is 19.1. The van der Waals surface area contributed by atoms with Crippen LogP contribution in [0.4, 0.5) is 4.39 Å². The summed E-state index contributed by atoms with van der Waals surface area (Å²) in [5.41, 5.74) is 2.34. The van der Waals surface area contributed by atoms with E-state index in [4.69, 9.17) is 0 Å². The average molecular weight is 368 g/mol. The van der Waals surface area contributed by atoms with Crippen molar-refractivity contribution in [3.8, 4) is 0 Å². The minimum atomic E-state index is -0.730. The Labute approximate surface area is 159 Å². The van der Waals surface area contributed by atoms with E-state index in [1.807, 2.05) is 32.0 Å². The fraction of sp³-hybridized carbons (Fsp3) is 0.364. The minimum absolute atomic E-state index is 0.0565. The summed E-state index contributed by atoms with van der Waals surface area (Å²) in [4.78, 5) is 25.3. The highest BCUT2D eigenvalue weighted by Gasteiger charge is 2.29. The molecule has 2 aromatic rings. The van der Waals surface area contributed by atoms with E-state index in [1.54, 1.807) is 6.07 Å². The van der Waals surface area contributed by atoms with Crippen LogP contribution in [-0.2, 0) is 11.2 Å². The van der Waals surface area contributed by atoms with Crippen LogP contribution in [0.25, 0.3) is 0 Å². The molecule has 0 heterocycles. The van der Waals surface area contributed by atoms with Crippen LogP contribution in [0.15, 0.2) is 48.5 Å². The van der Waals surface area contributed by atoms with Gasteiger partial charge in [0.2, 0.25) is 5.91 Å². The molecule has 2 atom stereocenters. The number of carbonyl (C=O) groups is 2. The van der Waals surface area contributed by atoms with Crippen LogP contribution in [0, 0.1) is 11.7 Å². The van der Waals surface area contributed by atoms with Gasteiger partial charge in [0, 0.05) is 0 Å². The van der Waals surface area contributed by atoms with Crippen LogP contribution in [-0.4, -0.2) is 17.9 Å². The van der Waals surface area contributed by atoms with Crippen LogP contribution in [0.2, 0.25) is 0 Å². The van der Waals surface area contributed by atoms with Gasteiger partial charge < -0.3 is 10.6 Å². The van der Waals surface area contributed by atoms with Gasteiger partial charge in [-0.25, -0.2) is 4.39 Å². The number of benzene rings is 2. The molecule has 1 aliphatic rings. The highest BCUT2D eigenvalue weighted by atomic mass is 19.1. The molecule has 0 radical (unpaired) electrons. The smallest absolute Gasteiger partial charge is 0.254 e. The van der Waals surface area contributed by atoms with Gasteiger partial charge in [-0.2, -0.15) is 0 Å². The van der Waals surface area contributed by atoms with E-state index < -0.39 is 17.8 Å². The molecule has 4 nitrogen and oxygen atoms in total. The van der Waals surface area contributed by atoms with Crippen LogP contribution < -0.4 is 10.6 Å². The largest absolute Gasteiger partial charge is 0.347 e. The molecule has 0 spiro atoms. The molecule has 2 aromatic carbocycles. The lowest BCUT2D eigenvalue weighted by atomic mass is 9.87. The molecule has 0 aliphatic heterocycles. The van der Waals surface area contributed by atoms with E-state index in [1.165, 1.54) is 23.8 Å². The van der Waals surface area contributed by atoms with Crippen LogP contribution in [0.5, 0.6) is 0 Å². The maximum atomic E-state index is 13.9. The van der Waals surface area contributed by atoms with E-state index in [9.17, 15) is 14.0 Å². The highest BCUT2D eigenvalue weighted by molar-refractivity contribution is 5.97. The molecule has 0 fully saturated rings. The van der Waals surface area contributed by atoms with Gasteiger partial charge in [0.25, 0.3) is 5.91 Å². The lowest BCUT2D eigenvalue weighted by Gasteiger charge is -2.29. The van der Waals surface area contributed by atoms with E-state index in [0.717, 1.165) is 24.8 Å². The highest BCUT2D eigenvalue weighted by Crippen LogP contribution is 2.29. The zero-order valence-corrected chi connectivity index (χ0v) is 15.7. The molecule has 0 saturated carbocycles. The third-order valence-electron chi connectivity index (χ3n) is 5.04. The molecular formula is C22H25FN2O2. The van der Waals surface area contributed by atoms with E-state index >= 15 is 0 Å². The molecule has 2 amide bonds. The zero-order chi connectivity index (χ0) is 19.4. The van der Waals surface area contributed by atoms with Gasteiger partial charge in [0.05, 0.1) is 11.6 Å².